The highest BCUT2D eigenvalue weighted by Gasteiger charge is 2.43. The van der Waals surface area contributed by atoms with E-state index in [1.165, 1.54) is 5.01 Å². The number of piperazine rings is 1. The van der Waals surface area contributed by atoms with E-state index in [2.05, 4.69) is 10.1 Å². The summed E-state index contributed by atoms with van der Waals surface area (Å²) in [4.78, 5) is 30.8. The number of nitrogens with zero attached hydrogens (tertiary/aromatic N) is 3. The molecule has 5 rings (SSSR count). The predicted molar refractivity (Wildman–Crippen MR) is 107 cm³/mol. The molecule has 0 saturated carbocycles. The van der Waals surface area contributed by atoms with Crippen LogP contribution in [0.3, 0.4) is 0 Å². The Morgan fingerprint density at radius 2 is 1.96 bits per heavy atom. The summed E-state index contributed by atoms with van der Waals surface area (Å²) in [6, 6.07) is 14.7. The molecule has 1 fully saturated rings. The van der Waals surface area contributed by atoms with Crippen molar-refractivity contribution in [2.75, 3.05) is 6.54 Å². The van der Waals surface area contributed by atoms with Gasteiger partial charge in [-0.3, -0.25) is 9.59 Å². The first-order valence-electron chi connectivity index (χ1n) is 9.09. The van der Waals surface area contributed by atoms with Gasteiger partial charge < -0.3 is 9.88 Å². The molecule has 1 saturated heterocycles. The Labute approximate surface area is 166 Å². The van der Waals surface area contributed by atoms with E-state index in [0.717, 1.165) is 27.7 Å². The molecular weight excluding hydrogens is 376 g/mol. The average molecular weight is 393 g/mol. The van der Waals surface area contributed by atoms with Gasteiger partial charge in [0.25, 0.3) is 5.91 Å². The molecule has 3 heterocycles. The summed E-state index contributed by atoms with van der Waals surface area (Å²) < 4.78 is 0. The third-order valence-corrected chi connectivity index (χ3v) is 5.58. The molecule has 0 radical (unpaired) electrons. The number of hydrogen-bond donors (Lipinski definition) is 1. The molecule has 140 valence electrons. The van der Waals surface area contributed by atoms with Gasteiger partial charge in [-0.15, -0.1) is 0 Å². The fourth-order valence-corrected chi connectivity index (χ4v) is 4.18. The summed E-state index contributed by atoms with van der Waals surface area (Å²) in [7, 11) is 0. The second-order valence-electron chi connectivity index (χ2n) is 7.06. The van der Waals surface area contributed by atoms with Crippen molar-refractivity contribution in [3.63, 3.8) is 0 Å². The first-order valence-corrected chi connectivity index (χ1v) is 9.47. The summed E-state index contributed by atoms with van der Waals surface area (Å²) >= 11 is 5.99. The van der Waals surface area contributed by atoms with Gasteiger partial charge in [0, 0.05) is 28.0 Å². The van der Waals surface area contributed by atoms with Gasteiger partial charge in [-0.25, -0.2) is 5.01 Å². The van der Waals surface area contributed by atoms with E-state index >= 15 is 0 Å². The lowest BCUT2D eigenvalue weighted by molar-refractivity contribution is -0.157. The fourth-order valence-electron chi connectivity index (χ4n) is 3.98. The molecule has 2 aromatic carbocycles. The number of rotatable bonds is 2. The molecular formula is C21H17ClN4O2. The molecule has 2 amide bonds. The quantitative estimate of drug-likeness (QED) is 0.681. The van der Waals surface area contributed by atoms with Crippen LogP contribution < -0.4 is 0 Å². The molecule has 6 nitrogen and oxygen atoms in total. The second-order valence-corrected chi connectivity index (χ2v) is 7.50. The largest absolute Gasteiger partial charge is 0.357 e. The Bertz CT molecular complexity index is 1140. The van der Waals surface area contributed by atoms with Crippen molar-refractivity contribution in [3.8, 4) is 0 Å². The van der Waals surface area contributed by atoms with Crippen molar-refractivity contribution in [1.29, 1.82) is 0 Å². The van der Waals surface area contributed by atoms with Crippen LogP contribution in [-0.4, -0.2) is 45.5 Å². The molecule has 28 heavy (non-hydrogen) atoms. The smallest absolute Gasteiger partial charge is 0.266 e. The molecule has 7 heteroatoms. The molecule has 1 N–H and O–H groups in total. The van der Waals surface area contributed by atoms with Crippen LogP contribution >= 0.6 is 11.6 Å². The summed E-state index contributed by atoms with van der Waals surface area (Å²) in [6.45, 7) is 0.368. The van der Waals surface area contributed by atoms with E-state index in [9.17, 15) is 9.59 Å². The zero-order valence-electron chi connectivity index (χ0n) is 14.9. The highest BCUT2D eigenvalue weighted by Crippen LogP contribution is 2.32. The lowest BCUT2D eigenvalue weighted by Gasteiger charge is -2.40. The van der Waals surface area contributed by atoms with E-state index in [-0.39, 0.29) is 18.4 Å². The minimum atomic E-state index is -0.524. The molecule has 2 aliphatic heterocycles. The van der Waals surface area contributed by atoms with Crippen molar-refractivity contribution in [2.45, 2.75) is 19.0 Å². The van der Waals surface area contributed by atoms with E-state index in [0.29, 0.717) is 18.0 Å². The van der Waals surface area contributed by atoms with Gasteiger partial charge in [0.05, 0.1) is 12.8 Å². The third kappa shape index (κ3) is 2.77. The van der Waals surface area contributed by atoms with Crippen LogP contribution in [0.5, 0.6) is 0 Å². The first kappa shape index (κ1) is 17.0. The third-order valence-electron chi connectivity index (χ3n) is 5.34. The normalized spacial score (nSPS) is 19.4. The number of para-hydroxylation sites is 1. The van der Waals surface area contributed by atoms with Crippen LogP contribution in [0.1, 0.15) is 16.8 Å². The minimum absolute atomic E-state index is 0.0536. The Morgan fingerprint density at radius 3 is 2.82 bits per heavy atom. The molecule has 0 aliphatic carbocycles. The lowest BCUT2D eigenvalue weighted by Crippen LogP contribution is -2.60. The van der Waals surface area contributed by atoms with Crippen molar-refractivity contribution in [3.05, 3.63) is 70.4 Å². The number of H-pyrrole nitrogens is 1. The Hall–Kier alpha value is -3.12. The maximum absolute atomic E-state index is 13.0. The minimum Gasteiger partial charge on any atom is -0.357 e. The number of aromatic amines is 1. The molecule has 1 aromatic heterocycles. The Balaban J connectivity index is 1.45. The second kappa shape index (κ2) is 6.49. The van der Waals surface area contributed by atoms with E-state index < -0.39 is 6.04 Å². The molecule has 0 unspecified atom stereocenters. The summed E-state index contributed by atoms with van der Waals surface area (Å²) in [5.74, 6) is -0.258. The van der Waals surface area contributed by atoms with Crippen LogP contribution in [0.4, 0.5) is 0 Å². The maximum atomic E-state index is 13.0. The topological polar surface area (TPSA) is 68.8 Å². The van der Waals surface area contributed by atoms with Crippen LogP contribution in [0.25, 0.3) is 10.9 Å². The van der Waals surface area contributed by atoms with Crippen LogP contribution in [0, 0.1) is 0 Å². The van der Waals surface area contributed by atoms with E-state index in [4.69, 9.17) is 11.6 Å². The predicted octanol–water partition coefficient (Wildman–Crippen LogP) is 2.95. The van der Waals surface area contributed by atoms with E-state index in [1.807, 2.05) is 36.4 Å². The van der Waals surface area contributed by atoms with Crippen LogP contribution in [0.15, 0.2) is 53.6 Å². The number of hydrogen-bond acceptors (Lipinski definition) is 3. The zero-order chi connectivity index (χ0) is 19.3. The number of carbonyl (C=O) groups excluding carboxylic acids is 2. The van der Waals surface area contributed by atoms with Gasteiger partial charge >= 0.3 is 0 Å². The maximum Gasteiger partial charge on any atom is 0.266 e. The van der Waals surface area contributed by atoms with Gasteiger partial charge in [0.2, 0.25) is 5.91 Å². The van der Waals surface area contributed by atoms with Crippen molar-refractivity contribution >= 4 is 40.5 Å². The monoisotopic (exact) mass is 392 g/mol. The number of benzene rings is 2. The highest BCUT2D eigenvalue weighted by atomic mass is 35.5. The van der Waals surface area contributed by atoms with Gasteiger partial charge in [-0.1, -0.05) is 41.9 Å². The van der Waals surface area contributed by atoms with Gasteiger partial charge in [0.1, 0.15) is 12.6 Å². The number of carbonyl (C=O) groups is 2. The van der Waals surface area contributed by atoms with Crippen molar-refractivity contribution < 1.29 is 9.59 Å². The van der Waals surface area contributed by atoms with Gasteiger partial charge in [-0.05, 0) is 29.3 Å². The average Bonchev–Trinajstić information content (AvgIpc) is 3.06. The van der Waals surface area contributed by atoms with Crippen molar-refractivity contribution in [1.82, 2.24) is 14.9 Å². The molecule has 1 atom stereocenters. The SMILES string of the molecule is O=C1[C@@H]2Cc3c([nH]c4ccccc34)CN2C(=O)CN1N=Cc1cccc(Cl)c1. The fraction of sp³-hybridized carbons (Fsp3) is 0.190. The number of hydrazone groups is 1. The molecule has 0 bridgehead atoms. The summed E-state index contributed by atoms with van der Waals surface area (Å²) in [5.41, 5.74) is 3.92. The molecule has 2 aliphatic rings. The molecule has 3 aromatic rings. The van der Waals surface area contributed by atoms with Crippen molar-refractivity contribution in [2.24, 2.45) is 5.10 Å². The Kier molecular flexibility index (Phi) is 3.94. The van der Waals surface area contributed by atoms with E-state index in [1.54, 1.807) is 23.2 Å². The number of nitrogens with one attached hydrogen (secondary N) is 1. The lowest BCUT2D eigenvalue weighted by atomic mass is 9.94. The Morgan fingerprint density at radius 1 is 1.11 bits per heavy atom. The summed E-state index contributed by atoms with van der Waals surface area (Å²) in [6.07, 6.45) is 2.06. The zero-order valence-corrected chi connectivity index (χ0v) is 15.7. The van der Waals surface area contributed by atoms with Gasteiger partial charge in [-0.2, -0.15) is 5.10 Å². The standard InChI is InChI=1S/C21H17ClN4O2/c22-14-5-3-4-13(8-14)10-23-26-12-20(27)25-11-18-16(9-19(25)21(26)28)15-6-1-2-7-17(15)24-18/h1-8,10,19,24H,9,11-12H2/t19-/m0/s1. The number of fused-ring (bicyclic) bond motifs is 4. The summed E-state index contributed by atoms with van der Waals surface area (Å²) in [5, 5.41) is 7.24. The van der Waals surface area contributed by atoms with Crippen LogP contribution in [-0.2, 0) is 22.6 Å². The molecule has 0 spiro atoms. The number of aromatic nitrogens is 1. The van der Waals surface area contributed by atoms with Gasteiger partial charge in [0.15, 0.2) is 0 Å². The number of halogens is 1. The first-order chi connectivity index (χ1) is 13.6. The van der Waals surface area contributed by atoms with Crippen LogP contribution in [0.2, 0.25) is 5.02 Å². The highest BCUT2D eigenvalue weighted by molar-refractivity contribution is 6.30. The number of amides is 2.